The van der Waals surface area contributed by atoms with Gasteiger partial charge in [0.2, 0.25) is 0 Å². The monoisotopic (exact) mass is 470 g/mol. The Morgan fingerprint density at radius 3 is 2.47 bits per heavy atom. The summed E-state index contributed by atoms with van der Waals surface area (Å²) < 4.78 is 41.4. The predicted octanol–water partition coefficient (Wildman–Crippen LogP) is 5.44. The Bertz CT molecular complexity index is 1390. The maximum Gasteiger partial charge on any atom is 0.283 e. The van der Waals surface area contributed by atoms with E-state index in [0.717, 1.165) is 22.5 Å². The summed E-state index contributed by atoms with van der Waals surface area (Å²) in [7, 11) is -3.93. The van der Waals surface area contributed by atoms with Crippen molar-refractivity contribution >= 4 is 38.3 Å². The molecule has 8 heteroatoms. The summed E-state index contributed by atoms with van der Waals surface area (Å²) in [4.78, 5) is 12.8. The molecule has 0 amide bonds. The van der Waals surface area contributed by atoms with Crippen LogP contribution in [0.1, 0.15) is 34.8 Å². The van der Waals surface area contributed by atoms with Crippen molar-refractivity contribution in [2.24, 2.45) is 0 Å². The minimum atomic E-state index is -3.93. The van der Waals surface area contributed by atoms with Crippen LogP contribution in [0.25, 0.3) is 10.9 Å². The minimum Gasteiger partial charge on any atom is -0.294 e. The lowest BCUT2D eigenvalue weighted by Crippen LogP contribution is -2.14. The average molecular weight is 471 g/mol. The molecule has 0 radical (unpaired) electrons. The zero-order valence-electron chi connectivity index (χ0n) is 17.3. The molecule has 164 valence electrons. The fraction of sp³-hybridized carbons (Fsp3) is 0.167. The number of fused-ring (bicyclic) bond motifs is 1. The molecule has 4 aromatic rings. The molecule has 0 N–H and O–H groups in total. The predicted molar refractivity (Wildman–Crippen MR) is 122 cm³/mol. The van der Waals surface area contributed by atoms with Gasteiger partial charge in [-0.3, -0.25) is 4.79 Å². The number of aryl methyl sites for hydroxylation is 1. The Morgan fingerprint density at radius 2 is 1.78 bits per heavy atom. The second kappa shape index (κ2) is 8.84. The van der Waals surface area contributed by atoms with Gasteiger partial charge in [-0.2, -0.15) is 17.6 Å². The maximum atomic E-state index is 14.1. The van der Waals surface area contributed by atoms with Gasteiger partial charge in [-0.05, 0) is 47.9 Å². The van der Waals surface area contributed by atoms with Crippen LogP contribution in [-0.2, 0) is 22.9 Å². The zero-order chi connectivity index (χ0) is 22.9. The van der Waals surface area contributed by atoms with Crippen LogP contribution in [0, 0.1) is 5.82 Å². The number of carbonyl (C=O) groups excluding carboxylic acids is 1. The second-order valence-corrected chi connectivity index (χ2v) is 9.65. The van der Waals surface area contributed by atoms with Crippen LogP contribution in [-0.4, -0.2) is 23.4 Å². The molecule has 0 atom stereocenters. The lowest BCUT2D eigenvalue weighted by molar-refractivity contribution is 0.0989. The van der Waals surface area contributed by atoms with Crippen molar-refractivity contribution < 1.29 is 17.6 Å². The van der Waals surface area contributed by atoms with E-state index in [0.29, 0.717) is 16.5 Å². The molecule has 1 aromatic heterocycles. The van der Waals surface area contributed by atoms with Crippen molar-refractivity contribution in [3.63, 3.8) is 0 Å². The van der Waals surface area contributed by atoms with E-state index in [2.05, 4.69) is 12.0 Å². The van der Waals surface area contributed by atoms with Crippen molar-refractivity contribution in [1.82, 2.24) is 9.19 Å². The third kappa shape index (κ3) is 4.18. The summed E-state index contributed by atoms with van der Waals surface area (Å²) in [6, 6.07) is 15.7. The van der Waals surface area contributed by atoms with Crippen LogP contribution in [0.2, 0.25) is 5.02 Å². The highest BCUT2D eigenvalue weighted by Crippen LogP contribution is 2.25. The normalized spacial score (nSPS) is 11.7. The van der Waals surface area contributed by atoms with E-state index in [4.69, 9.17) is 11.6 Å². The molecule has 0 saturated carbocycles. The minimum absolute atomic E-state index is 0.0372. The van der Waals surface area contributed by atoms with E-state index in [1.54, 1.807) is 42.5 Å². The second-order valence-electron chi connectivity index (χ2n) is 7.48. The highest BCUT2D eigenvalue weighted by Gasteiger charge is 2.22. The molecule has 32 heavy (non-hydrogen) atoms. The third-order valence-corrected chi connectivity index (χ3v) is 7.13. The Labute approximate surface area is 190 Å². The Hall–Kier alpha value is -3.03. The Kier molecular flexibility index (Phi) is 6.13. The molecular weight excluding hydrogens is 451 g/mol. The molecule has 4 rings (SSSR count). The first-order valence-electron chi connectivity index (χ1n) is 10.1. The first-order valence-corrected chi connectivity index (χ1v) is 11.9. The number of ketones is 1. The van der Waals surface area contributed by atoms with Gasteiger partial charge in [-0.25, -0.2) is 4.39 Å². The van der Waals surface area contributed by atoms with Gasteiger partial charge in [0, 0.05) is 11.8 Å². The third-order valence-electron chi connectivity index (χ3n) is 5.20. The molecule has 1 heterocycles. The van der Waals surface area contributed by atoms with Crippen molar-refractivity contribution in [1.29, 1.82) is 0 Å². The number of aromatic nitrogens is 2. The summed E-state index contributed by atoms with van der Waals surface area (Å²) in [5.74, 6) is -1.18. The Morgan fingerprint density at radius 1 is 1.06 bits per heavy atom. The summed E-state index contributed by atoms with van der Waals surface area (Å²) in [6.45, 7) is 2.06. The van der Waals surface area contributed by atoms with Crippen LogP contribution in [0.3, 0.4) is 0 Å². The topological polar surface area (TPSA) is 69.0 Å². The van der Waals surface area contributed by atoms with E-state index in [1.165, 1.54) is 24.4 Å². The molecule has 0 aliphatic rings. The van der Waals surface area contributed by atoms with Gasteiger partial charge in [0.05, 0.1) is 27.2 Å². The van der Waals surface area contributed by atoms with E-state index in [1.807, 2.05) is 0 Å². The summed E-state index contributed by atoms with van der Waals surface area (Å²) >= 11 is 6.00. The zero-order valence-corrected chi connectivity index (χ0v) is 18.8. The maximum absolute atomic E-state index is 14.1. The highest BCUT2D eigenvalue weighted by atomic mass is 35.5. The lowest BCUT2D eigenvalue weighted by Gasteiger charge is -2.09. The van der Waals surface area contributed by atoms with Gasteiger partial charge in [0.25, 0.3) is 10.0 Å². The molecular formula is C24H20ClFN2O3S. The van der Waals surface area contributed by atoms with Crippen molar-refractivity contribution in [2.75, 3.05) is 0 Å². The smallest absolute Gasteiger partial charge is 0.283 e. The van der Waals surface area contributed by atoms with Crippen LogP contribution in [0.4, 0.5) is 4.39 Å². The highest BCUT2D eigenvalue weighted by molar-refractivity contribution is 7.90. The molecule has 0 saturated heterocycles. The summed E-state index contributed by atoms with van der Waals surface area (Å²) in [5.41, 5.74) is 1.75. The average Bonchev–Trinajstić information content (AvgIpc) is 3.18. The molecule has 0 aliphatic heterocycles. The van der Waals surface area contributed by atoms with E-state index >= 15 is 0 Å². The number of hydrogen-bond acceptors (Lipinski definition) is 4. The first-order chi connectivity index (χ1) is 15.3. The number of rotatable bonds is 7. The number of benzene rings is 3. The van der Waals surface area contributed by atoms with Gasteiger partial charge in [-0.15, -0.1) is 0 Å². The number of halogens is 2. The lowest BCUT2D eigenvalue weighted by atomic mass is 10.0. The molecule has 0 fully saturated rings. The standard InChI is InChI=1S/C24H20ClFN2O3S/c1-2-4-16-8-11-19(12-9-16)32(30,31)28-22-13-17(7-10-18(22)15-27-28)14-23(29)24-20(25)5-3-6-21(24)26/h3,5-13,15H,2,4,14H2,1H3. The van der Waals surface area contributed by atoms with Crippen molar-refractivity contribution in [2.45, 2.75) is 31.1 Å². The number of Topliss-reactive ketones (excluding diaryl/α,β-unsaturated/α-hetero) is 1. The van der Waals surface area contributed by atoms with E-state index < -0.39 is 21.6 Å². The van der Waals surface area contributed by atoms with Crippen LogP contribution < -0.4 is 0 Å². The summed E-state index contributed by atoms with van der Waals surface area (Å²) in [5, 5.41) is 4.72. The molecule has 0 aliphatic carbocycles. The molecule has 3 aromatic carbocycles. The fourth-order valence-corrected chi connectivity index (χ4v) is 5.13. The quantitative estimate of drug-likeness (QED) is 0.337. The van der Waals surface area contributed by atoms with Gasteiger partial charge in [0.1, 0.15) is 5.82 Å². The van der Waals surface area contributed by atoms with Crippen LogP contribution in [0.15, 0.2) is 71.8 Å². The van der Waals surface area contributed by atoms with Crippen molar-refractivity contribution in [3.05, 3.63) is 94.4 Å². The molecule has 0 unspecified atom stereocenters. The SMILES string of the molecule is CCCc1ccc(S(=O)(=O)n2ncc3ccc(CC(=O)c4c(F)cccc4Cl)cc32)cc1. The number of carbonyl (C=O) groups is 1. The van der Waals surface area contributed by atoms with Gasteiger partial charge >= 0.3 is 0 Å². The van der Waals surface area contributed by atoms with Crippen LogP contribution >= 0.6 is 11.6 Å². The summed E-state index contributed by atoms with van der Waals surface area (Å²) in [6.07, 6.45) is 3.16. The van der Waals surface area contributed by atoms with Gasteiger partial charge < -0.3 is 0 Å². The van der Waals surface area contributed by atoms with E-state index in [-0.39, 0.29) is 21.9 Å². The van der Waals surface area contributed by atoms with Crippen LogP contribution in [0.5, 0.6) is 0 Å². The van der Waals surface area contributed by atoms with E-state index in [9.17, 15) is 17.6 Å². The molecule has 0 spiro atoms. The van der Waals surface area contributed by atoms with Gasteiger partial charge in [-0.1, -0.05) is 55.3 Å². The Balaban J connectivity index is 1.69. The van der Waals surface area contributed by atoms with Crippen molar-refractivity contribution in [3.8, 4) is 0 Å². The fourth-order valence-electron chi connectivity index (χ4n) is 3.60. The number of hydrogen-bond donors (Lipinski definition) is 0. The molecule has 0 bridgehead atoms. The number of nitrogens with zero attached hydrogens (tertiary/aromatic N) is 2. The molecule has 5 nitrogen and oxygen atoms in total. The van der Waals surface area contributed by atoms with Gasteiger partial charge in [0.15, 0.2) is 5.78 Å². The first kappa shape index (κ1) is 22.2. The largest absolute Gasteiger partial charge is 0.294 e.